The molecule has 0 bridgehead atoms. The number of amides is 1. The number of benzene rings is 1. The minimum Gasteiger partial charge on any atom is -0.353 e. The molecule has 23 heavy (non-hydrogen) atoms. The molecular formula is C16H18ClN5O. The van der Waals surface area contributed by atoms with Crippen LogP contribution in [0.25, 0.3) is 0 Å². The van der Waals surface area contributed by atoms with E-state index in [1.807, 2.05) is 12.1 Å². The molecule has 0 unspecified atom stereocenters. The monoisotopic (exact) mass is 331 g/mol. The Morgan fingerprint density at radius 1 is 1.13 bits per heavy atom. The Hall–Kier alpha value is -2.18. The highest BCUT2D eigenvalue weighted by molar-refractivity contribution is 6.33. The van der Waals surface area contributed by atoms with Crippen molar-refractivity contribution in [2.45, 2.75) is 0 Å². The molecule has 6 nitrogen and oxygen atoms in total. The summed E-state index contributed by atoms with van der Waals surface area (Å²) >= 11 is 6.03. The number of nitrogens with zero attached hydrogens (tertiary/aromatic N) is 4. The van der Waals surface area contributed by atoms with Crippen molar-refractivity contribution in [2.75, 3.05) is 43.4 Å². The summed E-state index contributed by atoms with van der Waals surface area (Å²) in [6.45, 7) is 3.82. The van der Waals surface area contributed by atoms with Crippen LogP contribution < -0.4 is 10.2 Å². The van der Waals surface area contributed by atoms with Crippen molar-refractivity contribution in [3.8, 4) is 0 Å². The second-order valence-electron chi connectivity index (χ2n) is 5.48. The summed E-state index contributed by atoms with van der Waals surface area (Å²) in [5, 5.41) is 3.23. The van der Waals surface area contributed by atoms with Gasteiger partial charge in [0.05, 0.1) is 23.1 Å². The van der Waals surface area contributed by atoms with Gasteiger partial charge >= 0.3 is 0 Å². The zero-order chi connectivity index (χ0) is 16.2. The third kappa shape index (κ3) is 3.78. The molecule has 1 N–H and O–H groups in total. The minimum atomic E-state index is -0.324. The van der Waals surface area contributed by atoms with Gasteiger partial charge in [0.1, 0.15) is 11.5 Å². The summed E-state index contributed by atoms with van der Waals surface area (Å²) in [6.07, 6.45) is 3.15. The molecule has 1 saturated heterocycles. The van der Waals surface area contributed by atoms with E-state index in [0.29, 0.717) is 10.7 Å². The van der Waals surface area contributed by atoms with Gasteiger partial charge in [0, 0.05) is 26.2 Å². The number of halogens is 1. The topological polar surface area (TPSA) is 61.4 Å². The van der Waals surface area contributed by atoms with E-state index in [1.165, 1.54) is 6.20 Å². The maximum atomic E-state index is 12.2. The van der Waals surface area contributed by atoms with E-state index in [2.05, 4.69) is 32.1 Å². The van der Waals surface area contributed by atoms with Gasteiger partial charge in [-0.2, -0.15) is 0 Å². The lowest BCUT2D eigenvalue weighted by Gasteiger charge is -2.32. The van der Waals surface area contributed by atoms with Gasteiger partial charge < -0.3 is 15.1 Å². The Morgan fingerprint density at radius 3 is 2.52 bits per heavy atom. The van der Waals surface area contributed by atoms with Crippen molar-refractivity contribution < 1.29 is 4.79 Å². The van der Waals surface area contributed by atoms with E-state index in [1.54, 1.807) is 18.3 Å². The van der Waals surface area contributed by atoms with E-state index in [9.17, 15) is 4.79 Å². The predicted molar refractivity (Wildman–Crippen MR) is 91.1 cm³/mol. The second kappa shape index (κ2) is 6.93. The van der Waals surface area contributed by atoms with Crippen molar-refractivity contribution in [3.63, 3.8) is 0 Å². The fourth-order valence-corrected chi connectivity index (χ4v) is 2.57. The first-order valence-electron chi connectivity index (χ1n) is 7.45. The van der Waals surface area contributed by atoms with Gasteiger partial charge in [0.25, 0.3) is 5.91 Å². The van der Waals surface area contributed by atoms with Crippen LogP contribution in [0.1, 0.15) is 10.5 Å². The number of rotatable bonds is 3. The first-order chi connectivity index (χ1) is 11.1. The second-order valence-corrected chi connectivity index (χ2v) is 5.89. The average molecular weight is 332 g/mol. The van der Waals surface area contributed by atoms with E-state index >= 15 is 0 Å². The molecular weight excluding hydrogens is 314 g/mol. The lowest BCUT2D eigenvalue weighted by atomic mass is 10.3. The molecule has 1 fully saturated rings. The van der Waals surface area contributed by atoms with Crippen LogP contribution in [0.4, 0.5) is 11.5 Å². The largest absolute Gasteiger partial charge is 0.353 e. The number of anilines is 2. The molecule has 0 saturated carbocycles. The van der Waals surface area contributed by atoms with Crippen molar-refractivity contribution in [1.82, 2.24) is 14.9 Å². The first-order valence-corrected chi connectivity index (χ1v) is 7.83. The molecule has 0 aliphatic carbocycles. The Balaban J connectivity index is 1.67. The molecule has 2 heterocycles. The molecule has 7 heteroatoms. The summed E-state index contributed by atoms with van der Waals surface area (Å²) in [7, 11) is 2.10. The third-order valence-electron chi connectivity index (χ3n) is 3.82. The number of carbonyl (C=O) groups is 1. The van der Waals surface area contributed by atoms with Gasteiger partial charge in [0.15, 0.2) is 0 Å². The number of nitrogens with one attached hydrogen (secondary N) is 1. The van der Waals surface area contributed by atoms with E-state index < -0.39 is 0 Å². The Morgan fingerprint density at radius 2 is 1.87 bits per heavy atom. The number of likely N-dealkylation sites (N-methyl/N-ethyl adjacent to an activating group) is 1. The van der Waals surface area contributed by atoms with Gasteiger partial charge in [-0.05, 0) is 19.2 Å². The van der Waals surface area contributed by atoms with Crippen LogP contribution in [0.3, 0.4) is 0 Å². The number of piperazine rings is 1. The summed E-state index contributed by atoms with van der Waals surface area (Å²) < 4.78 is 0. The molecule has 1 aliphatic rings. The van der Waals surface area contributed by atoms with Crippen molar-refractivity contribution in [1.29, 1.82) is 0 Å². The predicted octanol–water partition coefficient (Wildman–Crippen LogP) is 2.13. The molecule has 1 aromatic carbocycles. The standard InChI is InChI=1S/C16H18ClN5O/c1-21-6-8-22(9-7-21)15-11-18-14(10-19-15)16(23)20-13-5-3-2-4-12(13)17/h2-5,10-11H,6-9H2,1H3,(H,20,23). The summed E-state index contributed by atoms with van der Waals surface area (Å²) in [5.74, 6) is 0.475. The highest BCUT2D eigenvalue weighted by atomic mass is 35.5. The first kappa shape index (κ1) is 15.7. The van der Waals surface area contributed by atoms with Crippen molar-refractivity contribution in [3.05, 3.63) is 47.4 Å². The SMILES string of the molecule is CN1CCN(c2cnc(C(=O)Nc3ccccc3Cl)cn2)CC1. The molecule has 1 amide bonds. The van der Waals surface area contributed by atoms with E-state index in [4.69, 9.17) is 11.6 Å². The van der Waals surface area contributed by atoms with Crippen LogP contribution in [0, 0.1) is 0 Å². The van der Waals surface area contributed by atoms with Crippen LogP contribution in [-0.2, 0) is 0 Å². The number of aromatic nitrogens is 2. The Kier molecular flexibility index (Phi) is 4.73. The summed E-state index contributed by atoms with van der Waals surface area (Å²) in [4.78, 5) is 25.2. The smallest absolute Gasteiger partial charge is 0.275 e. The van der Waals surface area contributed by atoms with Crippen LogP contribution in [-0.4, -0.2) is 54.0 Å². The molecule has 3 rings (SSSR count). The maximum Gasteiger partial charge on any atom is 0.275 e. The lowest BCUT2D eigenvalue weighted by molar-refractivity contribution is 0.102. The van der Waals surface area contributed by atoms with Gasteiger partial charge in [-0.1, -0.05) is 23.7 Å². The van der Waals surface area contributed by atoms with Gasteiger partial charge in [-0.15, -0.1) is 0 Å². The summed E-state index contributed by atoms with van der Waals surface area (Å²) in [6, 6.07) is 7.08. The lowest BCUT2D eigenvalue weighted by Crippen LogP contribution is -2.44. The molecule has 0 spiro atoms. The molecule has 0 radical (unpaired) electrons. The van der Waals surface area contributed by atoms with Crippen LogP contribution in [0.2, 0.25) is 5.02 Å². The zero-order valence-electron chi connectivity index (χ0n) is 12.9. The Labute approximate surface area is 140 Å². The zero-order valence-corrected chi connectivity index (χ0v) is 13.6. The number of para-hydroxylation sites is 1. The fourth-order valence-electron chi connectivity index (χ4n) is 2.39. The minimum absolute atomic E-state index is 0.266. The molecule has 0 atom stereocenters. The van der Waals surface area contributed by atoms with Crippen LogP contribution >= 0.6 is 11.6 Å². The van der Waals surface area contributed by atoms with Crippen LogP contribution in [0.15, 0.2) is 36.7 Å². The Bertz CT molecular complexity index is 683. The molecule has 1 aromatic heterocycles. The third-order valence-corrected chi connectivity index (χ3v) is 4.15. The molecule has 1 aliphatic heterocycles. The van der Waals surface area contributed by atoms with Gasteiger partial charge in [-0.25, -0.2) is 9.97 Å². The molecule has 120 valence electrons. The van der Waals surface area contributed by atoms with Gasteiger partial charge in [0.2, 0.25) is 0 Å². The molecule has 2 aromatic rings. The van der Waals surface area contributed by atoms with E-state index in [0.717, 1.165) is 32.0 Å². The highest BCUT2D eigenvalue weighted by Gasteiger charge is 2.16. The number of hydrogen-bond donors (Lipinski definition) is 1. The maximum absolute atomic E-state index is 12.2. The van der Waals surface area contributed by atoms with Crippen molar-refractivity contribution in [2.24, 2.45) is 0 Å². The highest BCUT2D eigenvalue weighted by Crippen LogP contribution is 2.21. The van der Waals surface area contributed by atoms with Crippen LogP contribution in [0.5, 0.6) is 0 Å². The number of carbonyl (C=O) groups excluding carboxylic acids is 1. The van der Waals surface area contributed by atoms with Crippen molar-refractivity contribution >= 4 is 29.0 Å². The fraction of sp³-hybridized carbons (Fsp3) is 0.312. The van der Waals surface area contributed by atoms with Gasteiger partial charge in [-0.3, -0.25) is 4.79 Å². The number of hydrogen-bond acceptors (Lipinski definition) is 5. The quantitative estimate of drug-likeness (QED) is 0.933. The van der Waals surface area contributed by atoms with E-state index in [-0.39, 0.29) is 11.6 Å². The normalized spacial score (nSPS) is 15.5. The summed E-state index contributed by atoms with van der Waals surface area (Å²) in [5.41, 5.74) is 0.826. The average Bonchev–Trinajstić information content (AvgIpc) is 2.58.